The van der Waals surface area contributed by atoms with Crippen LogP contribution in [-0.2, 0) is 6.54 Å². The highest BCUT2D eigenvalue weighted by Gasteiger charge is 2.22. The first kappa shape index (κ1) is 13.2. The van der Waals surface area contributed by atoms with Gasteiger partial charge in [0, 0.05) is 31.4 Å². The van der Waals surface area contributed by atoms with Gasteiger partial charge in [-0.05, 0) is 37.1 Å². The quantitative estimate of drug-likeness (QED) is 0.929. The summed E-state index contributed by atoms with van der Waals surface area (Å²) in [7, 11) is 1.72. The predicted octanol–water partition coefficient (Wildman–Crippen LogP) is 2.80. The molecular weight excluding hydrogens is 250 g/mol. The van der Waals surface area contributed by atoms with Crippen molar-refractivity contribution < 1.29 is 4.74 Å². The van der Waals surface area contributed by atoms with Crippen LogP contribution in [0.25, 0.3) is 0 Å². The van der Waals surface area contributed by atoms with E-state index in [4.69, 9.17) is 4.74 Å². The van der Waals surface area contributed by atoms with Gasteiger partial charge in [0.1, 0.15) is 11.6 Å². The molecule has 2 aromatic rings. The first-order valence-corrected chi connectivity index (χ1v) is 7.19. The minimum atomic E-state index is 0.532. The SMILES string of the molecule is COc1cccc(CN2CCCC(c3ncc[nH]3)C2)c1. The Balaban J connectivity index is 1.65. The molecule has 1 aromatic carbocycles. The zero-order valence-electron chi connectivity index (χ0n) is 11.9. The van der Waals surface area contributed by atoms with E-state index in [9.17, 15) is 0 Å². The third-order valence-corrected chi connectivity index (χ3v) is 3.95. The number of benzene rings is 1. The van der Waals surface area contributed by atoms with E-state index in [1.54, 1.807) is 7.11 Å². The van der Waals surface area contributed by atoms with Crippen LogP contribution >= 0.6 is 0 Å². The first-order chi connectivity index (χ1) is 9.85. The van der Waals surface area contributed by atoms with Gasteiger partial charge in [-0.3, -0.25) is 4.90 Å². The normalized spacial score (nSPS) is 19.9. The number of H-pyrrole nitrogens is 1. The standard InChI is InChI=1S/C16H21N3O/c1-20-15-6-2-4-13(10-15)11-19-9-3-5-14(12-19)16-17-7-8-18-16/h2,4,6-8,10,14H,3,5,9,11-12H2,1H3,(H,17,18). The van der Waals surface area contributed by atoms with E-state index in [0.29, 0.717) is 5.92 Å². The van der Waals surface area contributed by atoms with Gasteiger partial charge in [0.2, 0.25) is 0 Å². The summed E-state index contributed by atoms with van der Waals surface area (Å²) in [6.07, 6.45) is 6.21. The van der Waals surface area contributed by atoms with E-state index in [0.717, 1.165) is 31.2 Å². The number of rotatable bonds is 4. The number of ether oxygens (including phenoxy) is 1. The monoisotopic (exact) mass is 271 g/mol. The second-order valence-corrected chi connectivity index (χ2v) is 5.40. The Bertz CT molecular complexity index is 538. The molecule has 1 aliphatic heterocycles. The number of imidazole rings is 1. The lowest BCUT2D eigenvalue weighted by Gasteiger charge is -2.31. The van der Waals surface area contributed by atoms with Crippen LogP contribution in [0, 0.1) is 0 Å². The summed E-state index contributed by atoms with van der Waals surface area (Å²) >= 11 is 0. The lowest BCUT2D eigenvalue weighted by molar-refractivity contribution is 0.197. The molecule has 4 heteroatoms. The van der Waals surface area contributed by atoms with Crippen LogP contribution in [-0.4, -0.2) is 35.1 Å². The fourth-order valence-electron chi connectivity index (χ4n) is 2.95. The Hall–Kier alpha value is -1.81. The summed E-state index contributed by atoms with van der Waals surface area (Å²) in [6.45, 7) is 3.22. The molecule has 106 valence electrons. The summed E-state index contributed by atoms with van der Waals surface area (Å²) in [5.41, 5.74) is 1.31. The van der Waals surface area contributed by atoms with Gasteiger partial charge in [-0.1, -0.05) is 12.1 Å². The molecule has 1 N–H and O–H groups in total. The fourth-order valence-corrected chi connectivity index (χ4v) is 2.95. The Morgan fingerprint density at radius 3 is 3.20 bits per heavy atom. The average Bonchev–Trinajstić information content (AvgIpc) is 3.02. The first-order valence-electron chi connectivity index (χ1n) is 7.19. The van der Waals surface area contributed by atoms with E-state index in [1.165, 1.54) is 18.4 Å². The molecule has 1 aromatic heterocycles. The molecule has 1 saturated heterocycles. The van der Waals surface area contributed by atoms with Crippen molar-refractivity contribution in [2.75, 3.05) is 20.2 Å². The maximum Gasteiger partial charge on any atom is 0.119 e. The van der Waals surface area contributed by atoms with Crippen molar-refractivity contribution in [1.82, 2.24) is 14.9 Å². The largest absolute Gasteiger partial charge is 0.497 e. The van der Waals surface area contributed by atoms with E-state index in [1.807, 2.05) is 18.5 Å². The highest BCUT2D eigenvalue weighted by Crippen LogP contribution is 2.25. The van der Waals surface area contributed by atoms with Crippen LogP contribution in [0.3, 0.4) is 0 Å². The maximum atomic E-state index is 5.29. The van der Waals surface area contributed by atoms with Crippen molar-refractivity contribution in [2.45, 2.75) is 25.3 Å². The fraction of sp³-hybridized carbons (Fsp3) is 0.438. The Morgan fingerprint density at radius 1 is 1.45 bits per heavy atom. The topological polar surface area (TPSA) is 41.1 Å². The molecule has 0 amide bonds. The van der Waals surface area contributed by atoms with Gasteiger partial charge in [-0.15, -0.1) is 0 Å². The van der Waals surface area contributed by atoms with Gasteiger partial charge >= 0.3 is 0 Å². The van der Waals surface area contributed by atoms with E-state index < -0.39 is 0 Å². The summed E-state index contributed by atoms with van der Waals surface area (Å²) < 4.78 is 5.29. The minimum Gasteiger partial charge on any atom is -0.497 e. The zero-order chi connectivity index (χ0) is 13.8. The van der Waals surface area contributed by atoms with Crippen LogP contribution in [0.4, 0.5) is 0 Å². The van der Waals surface area contributed by atoms with Gasteiger partial charge < -0.3 is 9.72 Å². The molecule has 2 heterocycles. The van der Waals surface area contributed by atoms with Crippen molar-refractivity contribution in [3.63, 3.8) is 0 Å². The van der Waals surface area contributed by atoms with Crippen LogP contribution < -0.4 is 4.74 Å². The second kappa shape index (κ2) is 6.09. The number of nitrogens with one attached hydrogen (secondary N) is 1. The molecule has 0 radical (unpaired) electrons. The van der Waals surface area contributed by atoms with Gasteiger partial charge in [-0.25, -0.2) is 4.98 Å². The van der Waals surface area contributed by atoms with Gasteiger partial charge in [0.05, 0.1) is 7.11 Å². The molecule has 1 aliphatic rings. The van der Waals surface area contributed by atoms with Gasteiger partial charge in [0.15, 0.2) is 0 Å². The smallest absolute Gasteiger partial charge is 0.119 e. The van der Waals surface area contributed by atoms with Crippen molar-refractivity contribution in [3.8, 4) is 5.75 Å². The van der Waals surface area contributed by atoms with Crippen molar-refractivity contribution in [3.05, 3.63) is 48.0 Å². The number of aromatic amines is 1. The molecule has 0 bridgehead atoms. The maximum absolute atomic E-state index is 5.29. The molecular formula is C16H21N3O. The Morgan fingerprint density at radius 2 is 2.40 bits per heavy atom. The van der Waals surface area contributed by atoms with Gasteiger partial charge in [-0.2, -0.15) is 0 Å². The molecule has 20 heavy (non-hydrogen) atoms. The minimum absolute atomic E-state index is 0.532. The highest BCUT2D eigenvalue weighted by atomic mass is 16.5. The number of hydrogen-bond acceptors (Lipinski definition) is 3. The number of likely N-dealkylation sites (tertiary alicyclic amines) is 1. The Labute approximate surface area is 119 Å². The van der Waals surface area contributed by atoms with E-state index in [2.05, 4.69) is 33.1 Å². The lowest BCUT2D eigenvalue weighted by atomic mass is 9.97. The zero-order valence-corrected chi connectivity index (χ0v) is 11.9. The summed E-state index contributed by atoms with van der Waals surface area (Å²) in [4.78, 5) is 10.2. The number of nitrogens with zero attached hydrogens (tertiary/aromatic N) is 2. The number of methoxy groups -OCH3 is 1. The molecule has 1 atom stereocenters. The third-order valence-electron chi connectivity index (χ3n) is 3.95. The highest BCUT2D eigenvalue weighted by molar-refractivity contribution is 5.28. The average molecular weight is 271 g/mol. The van der Waals surface area contributed by atoms with Crippen LogP contribution in [0.15, 0.2) is 36.7 Å². The third kappa shape index (κ3) is 3.02. The second-order valence-electron chi connectivity index (χ2n) is 5.40. The summed E-state index contributed by atoms with van der Waals surface area (Å²) in [5, 5.41) is 0. The van der Waals surface area contributed by atoms with E-state index >= 15 is 0 Å². The molecule has 1 fully saturated rings. The molecule has 0 saturated carbocycles. The molecule has 3 rings (SSSR count). The van der Waals surface area contributed by atoms with Crippen LogP contribution in [0.1, 0.15) is 30.1 Å². The van der Waals surface area contributed by atoms with Crippen molar-refractivity contribution in [1.29, 1.82) is 0 Å². The van der Waals surface area contributed by atoms with Gasteiger partial charge in [0.25, 0.3) is 0 Å². The van der Waals surface area contributed by atoms with Crippen molar-refractivity contribution >= 4 is 0 Å². The predicted molar refractivity (Wildman–Crippen MR) is 78.8 cm³/mol. The van der Waals surface area contributed by atoms with E-state index in [-0.39, 0.29) is 0 Å². The molecule has 0 aliphatic carbocycles. The lowest BCUT2D eigenvalue weighted by Crippen LogP contribution is -2.34. The van der Waals surface area contributed by atoms with Crippen molar-refractivity contribution in [2.24, 2.45) is 0 Å². The summed E-state index contributed by atoms with van der Waals surface area (Å²) in [5.74, 6) is 2.59. The Kier molecular flexibility index (Phi) is 4.02. The number of piperidine rings is 1. The number of aromatic nitrogens is 2. The molecule has 0 spiro atoms. The molecule has 4 nitrogen and oxygen atoms in total. The molecule has 1 unspecified atom stereocenters. The number of hydrogen-bond donors (Lipinski definition) is 1. The van der Waals surface area contributed by atoms with Crippen LogP contribution in [0.5, 0.6) is 5.75 Å². The summed E-state index contributed by atoms with van der Waals surface area (Å²) in [6, 6.07) is 8.34. The van der Waals surface area contributed by atoms with Crippen LogP contribution in [0.2, 0.25) is 0 Å².